The van der Waals surface area contributed by atoms with Gasteiger partial charge in [0.15, 0.2) is 11.6 Å². The van der Waals surface area contributed by atoms with Crippen LogP contribution in [0.4, 0.5) is 26.2 Å². The minimum atomic E-state index is -0.639. The van der Waals surface area contributed by atoms with Crippen LogP contribution in [0.1, 0.15) is 39.6 Å². The number of nitrogens with zero attached hydrogens (tertiary/aromatic N) is 7. The Morgan fingerprint density at radius 1 is 1.05 bits per heavy atom. The molecule has 1 aliphatic rings. The maximum absolute atomic E-state index is 15.0. The van der Waals surface area contributed by atoms with Crippen molar-refractivity contribution in [2.24, 2.45) is 0 Å². The van der Waals surface area contributed by atoms with Crippen molar-refractivity contribution in [2.45, 2.75) is 46.7 Å². The van der Waals surface area contributed by atoms with E-state index in [1.807, 2.05) is 43.7 Å². The molecule has 1 aliphatic heterocycles. The highest BCUT2D eigenvalue weighted by atomic mass is 19.1. The first-order chi connectivity index (χ1) is 17.7. The zero-order chi connectivity index (χ0) is 26.3. The Morgan fingerprint density at radius 2 is 1.86 bits per heavy atom. The number of halogens is 2. The lowest BCUT2D eigenvalue weighted by atomic mass is 10.1. The van der Waals surface area contributed by atoms with Gasteiger partial charge in [0.1, 0.15) is 22.9 Å². The summed E-state index contributed by atoms with van der Waals surface area (Å²) in [4.78, 5) is 22.1. The van der Waals surface area contributed by atoms with Crippen molar-refractivity contribution in [3.8, 4) is 11.3 Å². The second kappa shape index (κ2) is 10.0. The SMILES string of the molecule is CCN1CCN(c2ccc(Nc3ncc(F)c(-c4cc(F)c5nc(C)n(C(C)C)c5c4)n3)nc2)C[C@@H]1C. The number of likely N-dealkylation sites (N-methyl/N-ethyl adjacent to an activating group) is 1. The van der Waals surface area contributed by atoms with Crippen LogP contribution < -0.4 is 10.2 Å². The molecule has 5 rings (SSSR count). The second-order valence-corrected chi connectivity index (χ2v) is 9.79. The third kappa shape index (κ3) is 4.85. The van der Waals surface area contributed by atoms with E-state index in [2.05, 4.69) is 48.9 Å². The molecule has 1 fully saturated rings. The number of piperazine rings is 1. The molecule has 0 aliphatic carbocycles. The van der Waals surface area contributed by atoms with Crippen molar-refractivity contribution in [2.75, 3.05) is 36.4 Å². The maximum atomic E-state index is 15.0. The van der Waals surface area contributed by atoms with Gasteiger partial charge >= 0.3 is 0 Å². The van der Waals surface area contributed by atoms with E-state index in [0.717, 1.165) is 38.1 Å². The van der Waals surface area contributed by atoms with Crippen molar-refractivity contribution in [1.82, 2.24) is 29.4 Å². The predicted octanol–water partition coefficient (Wildman–Crippen LogP) is 5.33. The minimum absolute atomic E-state index is 0.00635. The first kappa shape index (κ1) is 25.0. The monoisotopic (exact) mass is 506 g/mol. The molecule has 0 amide bonds. The highest BCUT2D eigenvalue weighted by Gasteiger charge is 2.23. The van der Waals surface area contributed by atoms with Crippen LogP contribution in [-0.4, -0.2) is 61.6 Å². The summed E-state index contributed by atoms with van der Waals surface area (Å²) in [5.74, 6) is 0.254. The van der Waals surface area contributed by atoms with Gasteiger partial charge in [-0.1, -0.05) is 6.92 Å². The van der Waals surface area contributed by atoms with Gasteiger partial charge in [-0.2, -0.15) is 0 Å². The molecule has 1 saturated heterocycles. The molecule has 1 atom stereocenters. The number of anilines is 3. The van der Waals surface area contributed by atoms with Gasteiger partial charge in [0.25, 0.3) is 0 Å². The summed E-state index contributed by atoms with van der Waals surface area (Å²) in [6, 6.07) is 7.40. The topological polar surface area (TPSA) is 75.0 Å². The molecule has 0 unspecified atom stereocenters. The van der Waals surface area contributed by atoms with Gasteiger partial charge in [-0.15, -0.1) is 0 Å². The molecule has 0 bridgehead atoms. The second-order valence-electron chi connectivity index (χ2n) is 9.79. The lowest BCUT2D eigenvalue weighted by molar-refractivity contribution is 0.199. The molecule has 1 aromatic carbocycles. The summed E-state index contributed by atoms with van der Waals surface area (Å²) >= 11 is 0. The third-order valence-electron chi connectivity index (χ3n) is 6.98. The van der Waals surface area contributed by atoms with Crippen LogP contribution in [0.5, 0.6) is 0 Å². The van der Waals surface area contributed by atoms with Crippen LogP contribution in [0.15, 0.2) is 36.7 Å². The standard InChI is InChI=1S/C27H32F2N8/c1-6-35-9-10-36(15-17(35)4)20-7-8-24(30-13-20)33-27-31-14-22(29)25(34-27)19-11-21(28)26-23(12-19)37(16(2)3)18(5)32-26/h7-8,11-14,16-17H,6,9-10,15H2,1-5H3,(H,30,31,33,34)/t17-/m0/s1. The Balaban J connectivity index is 1.39. The molecule has 4 heterocycles. The van der Waals surface area contributed by atoms with Crippen LogP contribution in [0.25, 0.3) is 22.3 Å². The Labute approximate surface area is 215 Å². The van der Waals surface area contributed by atoms with E-state index < -0.39 is 11.6 Å². The normalized spacial score (nSPS) is 16.6. The molecule has 10 heteroatoms. The number of benzene rings is 1. The molecule has 0 spiro atoms. The predicted molar refractivity (Wildman–Crippen MR) is 142 cm³/mol. The van der Waals surface area contributed by atoms with Crippen LogP contribution in [-0.2, 0) is 0 Å². The highest BCUT2D eigenvalue weighted by Crippen LogP contribution is 2.30. The zero-order valence-corrected chi connectivity index (χ0v) is 21.8. The minimum Gasteiger partial charge on any atom is -0.367 e. The first-order valence-electron chi connectivity index (χ1n) is 12.7. The van der Waals surface area contributed by atoms with E-state index in [4.69, 9.17) is 0 Å². The maximum Gasteiger partial charge on any atom is 0.229 e. The lowest BCUT2D eigenvalue weighted by Gasteiger charge is -2.40. The van der Waals surface area contributed by atoms with E-state index in [1.54, 1.807) is 6.07 Å². The largest absolute Gasteiger partial charge is 0.367 e. The Hall–Kier alpha value is -3.66. The van der Waals surface area contributed by atoms with Crippen LogP contribution >= 0.6 is 0 Å². The fourth-order valence-corrected chi connectivity index (χ4v) is 5.15. The summed E-state index contributed by atoms with van der Waals surface area (Å²) < 4.78 is 31.7. The van der Waals surface area contributed by atoms with Crippen molar-refractivity contribution < 1.29 is 8.78 Å². The van der Waals surface area contributed by atoms with Gasteiger partial charge in [-0.25, -0.2) is 28.7 Å². The van der Waals surface area contributed by atoms with Gasteiger partial charge in [-0.05, 0) is 58.5 Å². The van der Waals surface area contributed by atoms with Gasteiger partial charge in [0, 0.05) is 37.3 Å². The molecule has 0 saturated carbocycles. The van der Waals surface area contributed by atoms with Gasteiger partial charge < -0.3 is 14.8 Å². The number of fused-ring (bicyclic) bond motifs is 1. The van der Waals surface area contributed by atoms with E-state index in [1.165, 1.54) is 6.07 Å². The fourth-order valence-electron chi connectivity index (χ4n) is 5.15. The third-order valence-corrected chi connectivity index (χ3v) is 6.98. The zero-order valence-electron chi connectivity index (χ0n) is 21.8. The van der Waals surface area contributed by atoms with Crippen LogP contribution in [0, 0.1) is 18.6 Å². The molecular weight excluding hydrogens is 474 g/mol. The van der Waals surface area contributed by atoms with E-state index in [9.17, 15) is 8.78 Å². The van der Waals surface area contributed by atoms with Crippen molar-refractivity contribution in [3.63, 3.8) is 0 Å². The molecule has 194 valence electrons. The summed E-state index contributed by atoms with van der Waals surface area (Å²) in [6.45, 7) is 14.2. The van der Waals surface area contributed by atoms with Crippen molar-refractivity contribution >= 4 is 28.5 Å². The molecule has 1 N–H and O–H groups in total. The van der Waals surface area contributed by atoms with Crippen molar-refractivity contribution in [1.29, 1.82) is 0 Å². The Morgan fingerprint density at radius 3 is 2.54 bits per heavy atom. The number of nitrogens with one attached hydrogen (secondary N) is 1. The van der Waals surface area contributed by atoms with Crippen molar-refractivity contribution in [3.05, 3.63) is 54.1 Å². The number of hydrogen-bond acceptors (Lipinski definition) is 7. The van der Waals surface area contributed by atoms with Crippen LogP contribution in [0.2, 0.25) is 0 Å². The number of imidazole rings is 1. The summed E-state index contributed by atoms with van der Waals surface area (Å²) in [5.41, 5.74) is 2.24. The Kier molecular flexibility index (Phi) is 6.76. The average molecular weight is 507 g/mol. The molecule has 4 aromatic rings. The number of pyridine rings is 1. The van der Waals surface area contributed by atoms with E-state index in [-0.39, 0.29) is 23.2 Å². The number of aromatic nitrogens is 5. The molecule has 37 heavy (non-hydrogen) atoms. The number of aryl methyl sites for hydroxylation is 1. The van der Waals surface area contributed by atoms with Gasteiger partial charge in [-0.3, -0.25) is 4.90 Å². The quantitative estimate of drug-likeness (QED) is 0.379. The van der Waals surface area contributed by atoms with E-state index >= 15 is 0 Å². The van der Waals surface area contributed by atoms with Gasteiger partial charge in [0.05, 0.1) is 23.6 Å². The number of rotatable bonds is 6. The van der Waals surface area contributed by atoms with E-state index in [0.29, 0.717) is 28.8 Å². The molecule has 8 nitrogen and oxygen atoms in total. The average Bonchev–Trinajstić information content (AvgIpc) is 3.22. The Bertz CT molecular complexity index is 1420. The molecule has 3 aromatic heterocycles. The lowest BCUT2D eigenvalue weighted by Crippen LogP contribution is -2.51. The first-order valence-corrected chi connectivity index (χ1v) is 12.7. The molecule has 0 radical (unpaired) electrons. The van der Waals surface area contributed by atoms with Crippen LogP contribution in [0.3, 0.4) is 0 Å². The summed E-state index contributed by atoms with van der Waals surface area (Å²) in [6.07, 6.45) is 2.90. The smallest absolute Gasteiger partial charge is 0.229 e. The summed E-state index contributed by atoms with van der Waals surface area (Å²) in [5, 5.41) is 3.04. The fraction of sp³-hybridized carbons (Fsp3) is 0.407. The van der Waals surface area contributed by atoms with Gasteiger partial charge in [0.2, 0.25) is 5.95 Å². The highest BCUT2D eigenvalue weighted by molar-refractivity contribution is 5.83. The number of hydrogen-bond donors (Lipinski definition) is 1. The summed E-state index contributed by atoms with van der Waals surface area (Å²) in [7, 11) is 0. The molecular formula is C27H32F2N8.